The van der Waals surface area contributed by atoms with E-state index in [0.717, 1.165) is 16.9 Å². The summed E-state index contributed by atoms with van der Waals surface area (Å²) < 4.78 is 7.48. The molecule has 1 aromatic heterocycles. The summed E-state index contributed by atoms with van der Waals surface area (Å²) in [5, 5.41) is 7.04. The van der Waals surface area contributed by atoms with Gasteiger partial charge in [-0.25, -0.2) is 4.68 Å². The van der Waals surface area contributed by atoms with Gasteiger partial charge in [0.1, 0.15) is 0 Å². The third-order valence-electron chi connectivity index (χ3n) is 3.30. The summed E-state index contributed by atoms with van der Waals surface area (Å²) in [5.74, 6) is 1.24. The van der Waals surface area contributed by atoms with Crippen LogP contribution >= 0.6 is 0 Å². The van der Waals surface area contributed by atoms with E-state index in [1.54, 1.807) is 10.7 Å². The van der Waals surface area contributed by atoms with Gasteiger partial charge in [-0.2, -0.15) is 5.10 Å². The first-order valence-corrected chi connectivity index (χ1v) is 6.43. The molecule has 1 amide bonds. The normalized spacial score (nSPS) is 13.8. The monoisotopic (exact) mass is 272 g/mol. The molecule has 0 saturated carbocycles. The predicted molar refractivity (Wildman–Crippen MR) is 75.8 cm³/mol. The van der Waals surface area contributed by atoms with Crippen molar-refractivity contribution in [2.75, 3.05) is 11.1 Å². The zero-order valence-corrected chi connectivity index (χ0v) is 11.4. The molecule has 0 radical (unpaired) electrons. The highest BCUT2D eigenvalue weighted by atomic mass is 16.5. The molecule has 1 aliphatic rings. The van der Waals surface area contributed by atoms with Crippen molar-refractivity contribution in [1.82, 2.24) is 9.78 Å². The van der Waals surface area contributed by atoms with E-state index < -0.39 is 0 Å². The van der Waals surface area contributed by atoms with Gasteiger partial charge in [0.15, 0.2) is 5.75 Å². The van der Waals surface area contributed by atoms with Gasteiger partial charge in [-0.15, -0.1) is 0 Å². The van der Waals surface area contributed by atoms with Gasteiger partial charge in [0.25, 0.3) is 0 Å². The Morgan fingerprint density at radius 3 is 2.85 bits per heavy atom. The van der Waals surface area contributed by atoms with Crippen LogP contribution in [0.1, 0.15) is 17.7 Å². The first-order chi connectivity index (χ1) is 9.52. The molecule has 0 spiro atoms. The van der Waals surface area contributed by atoms with Crippen LogP contribution in [0.2, 0.25) is 0 Å². The van der Waals surface area contributed by atoms with Crippen LogP contribution in [0.25, 0.3) is 0 Å². The molecule has 6 nitrogen and oxygen atoms in total. The molecule has 6 heteroatoms. The topological polar surface area (TPSA) is 82.2 Å². The van der Waals surface area contributed by atoms with Crippen molar-refractivity contribution in [3.63, 3.8) is 0 Å². The first-order valence-electron chi connectivity index (χ1n) is 6.43. The van der Waals surface area contributed by atoms with Gasteiger partial charge in [0.2, 0.25) is 11.8 Å². The van der Waals surface area contributed by atoms with Crippen molar-refractivity contribution >= 4 is 17.3 Å². The van der Waals surface area contributed by atoms with Crippen LogP contribution in [0, 0.1) is 6.92 Å². The lowest BCUT2D eigenvalue weighted by Gasteiger charge is -2.19. The molecule has 0 unspecified atom stereocenters. The molecule has 0 saturated heterocycles. The summed E-state index contributed by atoms with van der Waals surface area (Å²) in [4.78, 5) is 11.4. The standard InChI is InChI=1S/C14H16N4O2/c1-8-5-14(18(2)17-8)20-12-6-9-3-4-13(19)16-11(9)7-10(12)15/h5-7H,3-4,15H2,1-2H3,(H,16,19). The van der Waals surface area contributed by atoms with E-state index >= 15 is 0 Å². The minimum atomic E-state index is 0.0211. The number of nitrogens with zero attached hydrogens (tertiary/aromatic N) is 2. The minimum Gasteiger partial charge on any atom is -0.437 e. The van der Waals surface area contributed by atoms with Gasteiger partial charge in [-0.1, -0.05) is 0 Å². The second-order valence-corrected chi connectivity index (χ2v) is 4.94. The maximum atomic E-state index is 11.4. The van der Waals surface area contributed by atoms with E-state index in [4.69, 9.17) is 10.5 Å². The first kappa shape index (κ1) is 12.5. The van der Waals surface area contributed by atoms with E-state index in [1.807, 2.05) is 26.1 Å². The zero-order chi connectivity index (χ0) is 14.3. The van der Waals surface area contributed by atoms with Crippen LogP contribution in [0.4, 0.5) is 11.4 Å². The van der Waals surface area contributed by atoms with Gasteiger partial charge in [-0.05, 0) is 31.0 Å². The molecule has 3 rings (SSSR count). The van der Waals surface area contributed by atoms with E-state index in [0.29, 0.717) is 30.2 Å². The molecular formula is C14H16N4O2. The zero-order valence-electron chi connectivity index (χ0n) is 11.4. The fourth-order valence-electron chi connectivity index (χ4n) is 2.31. The molecule has 0 fully saturated rings. The maximum Gasteiger partial charge on any atom is 0.224 e. The Hall–Kier alpha value is -2.50. The Labute approximate surface area is 116 Å². The summed E-state index contributed by atoms with van der Waals surface area (Å²) in [6.07, 6.45) is 1.18. The number of aryl methyl sites for hydroxylation is 3. The molecule has 0 aliphatic carbocycles. The lowest BCUT2D eigenvalue weighted by atomic mass is 10.0. The van der Waals surface area contributed by atoms with Crippen LogP contribution in [-0.4, -0.2) is 15.7 Å². The number of hydrogen-bond acceptors (Lipinski definition) is 4. The highest BCUT2D eigenvalue weighted by molar-refractivity contribution is 5.94. The van der Waals surface area contributed by atoms with Crippen LogP contribution in [-0.2, 0) is 18.3 Å². The smallest absolute Gasteiger partial charge is 0.224 e. The molecule has 2 aromatic rings. The summed E-state index contributed by atoms with van der Waals surface area (Å²) in [6, 6.07) is 5.47. The number of rotatable bonds is 2. The lowest BCUT2D eigenvalue weighted by Crippen LogP contribution is -2.19. The Morgan fingerprint density at radius 2 is 2.15 bits per heavy atom. The average molecular weight is 272 g/mol. The van der Waals surface area contributed by atoms with Gasteiger partial charge < -0.3 is 15.8 Å². The molecule has 2 heterocycles. The number of nitrogens with one attached hydrogen (secondary N) is 1. The summed E-state index contributed by atoms with van der Waals surface area (Å²) in [7, 11) is 1.82. The van der Waals surface area contributed by atoms with Gasteiger partial charge in [0, 0.05) is 25.2 Å². The molecule has 104 valence electrons. The second-order valence-electron chi connectivity index (χ2n) is 4.94. The highest BCUT2D eigenvalue weighted by Crippen LogP contribution is 2.35. The number of carbonyl (C=O) groups is 1. The SMILES string of the molecule is Cc1cc(Oc2cc3c(cc2N)NC(=O)CC3)n(C)n1. The number of fused-ring (bicyclic) bond motifs is 1. The van der Waals surface area contributed by atoms with Crippen LogP contribution in [0.3, 0.4) is 0 Å². The number of nitrogen functional groups attached to an aromatic ring is 1. The number of aromatic nitrogens is 2. The van der Waals surface area contributed by atoms with E-state index in [-0.39, 0.29) is 5.91 Å². The summed E-state index contributed by atoms with van der Waals surface area (Å²) in [5.41, 5.74) is 9.17. The molecule has 0 atom stereocenters. The van der Waals surface area contributed by atoms with Crippen LogP contribution in [0.5, 0.6) is 11.6 Å². The largest absolute Gasteiger partial charge is 0.437 e. The second kappa shape index (κ2) is 4.56. The number of ether oxygens (including phenoxy) is 1. The third kappa shape index (κ3) is 2.20. The quantitative estimate of drug-likeness (QED) is 0.819. The number of benzene rings is 1. The van der Waals surface area contributed by atoms with Gasteiger partial charge in [-0.3, -0.25) is 4.79 Å². The number of hydrogen-bond donors (Lipinski definition) is 2. The summed E-state index contributed by atoms with van der Waals surface area (Å²) in [6.45, 7) is 1.90. The Balaban J connectivity index is 1.94. The van der Waals surface area contributed by atoms with Crippen molar-refractivity contribution in [3.05, 3.63) is 29.5 Å². The van der Waals surface area contributed by atoms with E-state index in [2.05, 4.69) is 10.4 Å². The number of amides is 1. The van der Waals surface area contributed by atoms with Crippen molar-refractivity contribution in [3.8, 4) is 11.6 Å². The fraction of sp³-hybridized carbons (Fsp3) is 0.286. The fourth-order valence-corrected chi connectivity index (χ4v) is 2.31. The van der Waals surface area contributed by atoms with Crippen molar-refractivity contribution in [1.29, 1.82) is 0 Å². The molecule has 1 aromatic carbocycles. The molecule has 0 bridgehead atoms. The van der Waals surface area contributed by atoms with Gasteiger partial charge >= 0.3 is 0 Å². The number of carbonyl (C=O) groups excluding carboxylic acids is 1. The van der Waals surface area contributed by atoms with Crippen molar-refractivity contribution in [2.24, 2.45) is 7.05 Å². The van der Waals surface area contributed by atoms with E-state index in [9.17, 15) is 4.79 Å². The molecule has 3 N–H and O–H groups in total. The Bertz CT molecular complexity index is 691. The minimum absolute atomic E-state index is 0.0211. The van der Waals surface area contributed by atoms with Crippen molar-refractivity contribution < 1.29 is 9.53 Å². The molecular weight excluding hydrogens is 256 g/mol. The lowest BCUT2D eigenvalue weighted by molar-refractivity contribution is -0.116. The maximum absolute atomic E-state index is 11.4. The van der Waals surface area contributed by atoms with E-state index in [1.165, 1.54) is 0 Å². The average Bonchev–Trinajstić information content (AvgIpc) is 2.69. The van der Waals surface area contributed by atoms with Gasteiger partial charge in [0.05, 0.1) is 11.4 Å². The highest BCUT2D eigenvalue weighted by Gasteiger charge is 2.18. The third-order valence-corrected chi connectivity index (χ3v) is 3.30. The molecule has 20 heavy (non-hydrogen) atoms. The predicted octanol–water partition coefficient (Wildman–Crippen LogP) is 1.99. The molecule has 1 aliphatic heterocycles. The number of anilines is 2. The number of nitrogens with two attached hydrogens (primary N) is 1. The van der Waals surface area contributed by atoms with Crippen LogP contribution in [0.15, 0.2) is 18.2 Å². The van der Waals surface area contributed by atoms with Crippen LogP contribution < -0.4 is 15.8 Å². The van der Waals surface area contributed by atoms with Crippen molar-refractivity contribution in [2.45, 2.75) is 19.8 Å². The summed E-state index contributed by atoms with van der Waals surface area (Å²) >= 11 is 0. The Kier molecular flexibility index (Phi) is 2.85. The Morgan fingerprint density at radius 1 is 1.35 bits per heavy atom.